The lowest BCUT2D eigenvalue weighted by atomic mass is 10.2. The molecular formula is C15H15NO2S. The molecule has 0 atom stereocenters. The van der Waals surface area contributed by atoms with Gasteiger partial charge in [0.05, 0.1) is 7.11 Å². The molecular weight excluding hydrogens is 258 g/mol. The highest BCUT2D eigenvalue weighted by molar-refractivity contribution is 7.98. The molecule has 0 unspecified atom stereocenters. The second-order valence-electron chi connectivity index (χ2n) is 4.03. The Balaban J connectivity index is 1.95. The molecule has 3 nitrogen and oxygen atoms in total. The monoisotopic (exact) mass is 273 g/mol. The van der Waals surface area contributed by atoms with Crippen molar-refractivity contribution >= 4 is 17.7 Å². The fraction of sp³-hybridized carbons (Fsp3) is 0.133. The number of rotatable bonds is 5. The summed E-state index contributed by atoms with van der Waals surface area (Å²) in [5.41, 5.74) is 6.96. The van der Waals surface area contributed by atoms with Crippen molar-refractivity contribution in [1.82, 2.24) is 0 Å². The van der Waals surface area contributed by atoms with E-state index in [0.717, 1.165) is 16.4 Å². The van der Waals surface area contributed by atoms with Crippen LogP contribution in [0.5, 0.6) is 5.75 Å². The first kappa shape index (κ1) is 13.5. The van der Waals surface area contributed by atoms with E-state index >= 15 is 0 Å². The molecule has 2 aromatic rings. The molecule has 2 N–H and O–H groups in total. The number of benzene rings is 2. The van der Waals surface area contributed by atoms with Crippen LogP contribution in [0, 0.1) is 0 Å². The fourth-order valence-electron chi connectivity index (χ4n) is 1.60. The van der Waals surface area contributed by atoms with Crippen molar-refractivity contribution in [2.24, 2.45) is 5.73 Å². The van der Waals surface area contributed by atoms with Gasteiger partial charge in [-0.2, -0.15) is 0 Å². The Labute approximate surface area is 116 Å². The number of hydrogen-bond donors (Lipinski definition) is 1. The van der Waals surface area contributed by atoms with Crippen LogP contribution in [0.15, 0.2) is 53.4 Å². The zero-order chi connectivity index (χ0) is 13.7. The summed E-state index contributed by atoms with van der Waals surface area (Å²) >= 11 is 1.71. The van der Waals surface area contributed by atoms with Gasteiger partial charge in [0.2, 0.25) is 5.91 Å². The van der Waals surface area contributed by atoms with Crippen LogP contribution in [-0.2, 0) is 5.75 Å². The van der Waals surface area contributed by atoms with Crippen LogP contribution in [0.2, 0.25) is 0 Å². The molecule has 0 fully saturated rings. The van der Waals surface area contributed by atoms with Crippen molar-refractivity contribution in [2.75, 3.05) is 7.11 Å². The van der Waals surface area contributed by atoms with Crippen LogP contribution in [0.4, 0.5) is 0 Å². The van der Waals surface area contributed by atoms with E-state index in [1.54, 1.807) is 31.0 Å². The molecule has 19 heavy (non-hydrogen) atoms. The Hall–Kier alpha value is -1.94. The minimum atomic E-state index is -0.397. The highest BCUT2D eigenvalue weighted by Crippen LogP contribution is 2.24. The average Bonchev–Trinajstić information content (AvgIpc) is 2.46. The number of nitrogens with two attached hydrogens (primary N) is 1. The van der Waals surface area contributed by atoms with Crippen molar-refractivity contribution in [3.63, 3.8) is 0 Å². The van der Waals surface area contributed by atoms with Crippen molar-refractivity contribution in [3.05, 3.63) is 59.7 Å². The predicted octanol–water partition coefficient (Wildman–Crippen LogP) is 3.09. The van der Waals surface area contributed by atoms with E-state index in [0.29, 0.717) is 5.56 Å². The lowest BCUT2D eigenvalue weighted by Gasteiger charge is -2.04. The Morgan fingerprint density at radius 1 is 1.11 bits per heavy atom. The van der Waals surface area contributed by atoms with Gasteiger partial charge in [0.15, 0.2) is 0 Å². The van der Waals surface area contributed by atoms with Gasteiger partial charge in [-0.25, -0.2) is 0 Å². The minimum Gasteiger partial charge on any atom is -0.497 e. The first-order valence-corrected chi connectivity index (χ1v) is 6.83. The van der Waals surface area contributed by atoms with Gasteiger partial charge in [-0.05, 0) is 42.0 Å². The second kappa shape index (κ2) is 6.29. The number of methoxy groups -OCH3 is 1. The van der Waals surface area contributed by atoms with Gasteiger partial charge in [-0.3, -0.25) is 4.79 Å². The van der Waals surface area contributed by atoms with Crippen LogP contribution in [0.25, 0.3) is 0 Å². The third kappa shape index (κ3) is 3.76. The number of ether oxygens (including phenoxy) is 1. The number of amides is 1. The van der Waals surface area contributed by atoms with E-state index < -0.39 is 5.91 Å². The molecule has 0 heterocycles. The summed E-state index contributed by atoms with van der Waals surface area (Å²) in [6, 6.07) is 15.3. The second-order valence-corrected chi connectivity index (χ2v) is 5.07. The number of carbonyl (C=O) groups is 1. The third-order valence-corrected chi connectivity index (χ3v) is 3.79. The topological polar surface area (TPSA) is 52.3 Å². The van der Waals surface area contributed by atoms with Crippen LogP contribution >= 0.6 is 11.8 Å². The van der Waals surface area contributed by atoms with Crippen molar-refractivity contribution in [1.29, 1.82) is 0 Å². The summed E-state index contributed by atoms with van der Waals surface area (Å²) in [5.74, 6) is 1.34. The standard InChI is InChI=1S/C15H15NO2S/c1-18-13-6-2-11(3-7-13)10-19-14-8-4-12(5-9-14)15(16)17/h2-9H,10H2,1H3,(H2,16,17). The maximum Gasteiger partial charge on any atom is 0.248 e. The smallest absolute Gasteiger partial charge is 0.248 e. The van der Waals surface area contributed by atoms with Gasteiger partial charge in [0, 0.05) is 16.2 Å². The van der Waals surface area contributed by atoms with E-state index in [1.165, 1.54) is 5.56 Å². The quantitative estimate of drug-likeness (QED) is 0.852. The molecule has 0 aromatic heterocycles. The lowest BCUT2D eigenvalue weighted by Crippen LogP contribution is -2.10. The Morgan fingerprint density at radius 2 is 1.74 bits per heavy atom. The maximum atomic E-state index is 11.0. The van der Waals surface area contributed by atoms with E-state index in [1.807, 2.05) is 36.4 Å². The molecule has 0 aliphatic heterocycles. The normalized spacial score (nSPS) is 10.2. The lowest BCUT2D eigenvalue weighted by molar-refractivity contribution is 0.1000. The van der Waals surface area contributed by atoms with Crippen LogP contribution in [0.1, 0.15) is 15.9 Å². The van der Waals surface area contributed by atoms with Crippen molar-refractivity contribution in [3.8, 4) is 5.75 Å². The SMILES string of the molecule is COc1ccc(CSc2ccc(C(N)=O)cc2)cc1. The van der Waals surface area contributed by atoms with Gasteiger partial charge in [-0.15, -0.1) is 11.8 Å². The van der Waals surface area contributed by atoms with E-state index in [9.17, 15) is 4.79 Å². The number of primary amides is 1. The number of thioether (sulfide) groups is 1. The molecule has 0 radical (unpaired) electrons. The molecule has 0 bridgehead atoms. The Bertz CT molecular complexity index is 549. The summed E-state index contributed by atoms with van der Waals surface area (Å²) in [5, 5.41) is 0. The first-order valence-electron chi connectivity index (χ1n) is 5.84. The molecule has 0 saturated carbocycles. The van der Waals surface area contributed by atoms with Crippen LogP contribution in [0.3, 0.4) is 0 Å². The third-order valence-electron chi connectivity index (χ3n) is 2.70. The van der Waals surface area contributed by atoms with E-state index in [2.05, 4.69) is 0 Å². The van der Waals surface area contributed by atoms with E-state index in [4.69, 9.17) is 10.5 Å². The highest BCUT2D eigenvalue weighted by Gasteiger charge is 2.01. The minimum absolute atomic E-state index is 0.397. The van der Waals surface area contributed by atoms with Gasteiger partial charge < -0.3 is 10.5 Å². The molecule has 2 rings (SSSR count). The molecule has 0 saturated heterocycles. The van der Waals surface area contributed by atoms with E-state index in [-0.39, 0.29) is 0 Å². The summed E-state index contributed by atoms with van der Waals surface area (Å²) in [6.07, 6.45) is 0. The van der Waals surface area contributed by atoms with Gasteiger partial charge in [0.1, 0.15) is 5.75 Å². The van der Waals surface area contributed by atoms with Gasteiger partial charge in [-0.1, -0.05) is 12.1 Å². The molecule has 0 aliphatic carbocycles. The van der Waals surface area contributed by atoms with Crippen LogP contribution < -0.4 is 10.5 Å². The number of hydrogen-bond acceptors (Lipinski definition) is 3. The first-order chi connectivity index (χ1) is 9.19. The molecule has 0 aliphatic rings. The van der Waals surface area contributed by atoms with Crippen LogP contribution in [-0.4, -0.2) is 13.0 Å². The summed E-state index contributed by atoms with van der Waals surface area (Å²) in [4.78, 5) is 12.1. The summed E-state index contributed by atoms with van der Waals surface area (Å²) in [6.45, 7) is 0. The molecule has 98 valence electrons. The molecule has 2 aromatic carbocycles. The molecule has 4 heteroatoms. The zero-order valence-electron chi connectivity index (χ0n) is 10.6. The fourth-order valence-corrected chi connectivity index (χ4v) is 2.46. The highest BCUT2D eigenvalue weighted by atomic mass is 32.2. The largest absolute Gasteiger partial charge is 0.497 e. The van der Waals surface area contributed by atoms with Crippen molar-refractivity contribution < 1.29 is 9.53 Å². The summed E-state index contributed by atoms with van der Waals surface area (Å²) < 4.78 is 5.12. The molecule has 0 spiro atoms. The van der Waals surface area contributed by atoms with Crippen molar-refractivity contribution in [2.45, 2.75) is 10.6 Å². The molecule has 1 amide bonds. The predicted molar refractivity (Wildman–Crippen MR) is 77.5 cm³/mol. The average molecular weight is 273 g/mol. The zero-order valence-corrected chi connectivity index (χ0v) is 11.4. The summed E-state index contributed by atoms with van der Waals surface area (Å²) in [7, 11) is 1.66. The van der Waals surface area contributed by atoms with Gasteiger partial charge in [0.25, 0.3) is 0 Å². The Morgan fingerprint density at radius 3 is 2.26 bits per heavy atom. The number of carbonyl (C=O) groups excluding carboxylic acids is 1. The Kier molecular flexibility index (Phi) is 4.47. The maximum absolute atomic E-state index is 11.0. The van der Waals surface area contributed by atoms with Gasteiger partial charge >= 0.3 is 0 Å².